The predicted octanol–water partition coefficient (Wildman–Crippen LogP) is 2.10. The molecule has 0 radical (unpaired) electrons. The summed E-state index contributed by atoms with van der Waals surface area (Å²) in [6, 6.07) is 7.96. The van der Waals surface area contributed by atoms with Gasteiger partial charge in [-0.15, -0.1) is 0 Å². The lowest BCUT2D eigenvalue weighted by atomic mass is 10.1. The average Bonchev–Trinajstić information content (AvgIpc) is 2.79. The number of rotatable bonds is 9. The van der Waals surface area contributed by atoms with Crippen LogP contribution in [0.2, 0.25) is 0 Å². The summed E-state index contributed by atoms with van der Waals surface area (Å²) in [7, 11) is 4.99. The summed E-state index contributed by atoms with van der Waals surface area (Å²) in [5.74, 6) is 2.08. The van der Waals surface area contributed by atoms with Crippen LogP contribution in [0, 0.1) is 0 Å². The Morgan fingerprint density at radius 1 is 1.33 bits per heavy atom. The molecule has 1 atom stereocenters. The van der Waals surface area contributed by atoms with Gasteiger partial charge in [-0.3, -0.25) is 4.99 Å². The highest BCUT2D eigenvalue weighted by atomic mass is 16.5. The van der Waals surface area contributed by atoms with E-state index in [-0.39, 0.29) is 6.10 Å². The number of hydrogen-bond donors (Lipinski definition) is 3. The molecule has 0 bridgehead atoms. The first-order valence-corrected chi connectivity index (χ1v) is 9.85. The topological polar surface area (TPSA) is 103 Å². The summed E-state index contributed by atoms with van der Waals surface area (Å²) in [6.07, 6.45) is 5.85. The van der Waals surface area contributed by atoms with Crippen molar-refractivity contribution in [3.8, 4) is 17.4 Å². The first-order chi connectivity index (χ1) is 14.7. The minimum atomic E-state index is 0.00276. The maximum absolute atomic E-state index is 6.02. The molecule has 2 aromatic rings. The molecule has 0 saturated carbocycles. The van der Waals surface area contributed by atoms with Crippen molar-refractivity contribution in [3.05, 3.63) is 47.8 Å². The molecule has 0 saturated heterocycles. The van der Waals surface area contributed by atoms with Gasteiger partial charge in [-0.25, -0.2) is 4.98 Å². The monoisotopic (exact) mass is 411 g/mol. The summed E-state index contributed by atoms with van der Waals surface area (Å²) in [6.45, 7) is 2.25. The predicted molar refractivity (Wildman–Crippen MR) is 120 cm³/mol. The molecule has 0 aliphatic carbocycles. The van der Waals surface area contributed by atoms with E-state index in [0.717, 1.165) is 47.8 Å². The van der Waals surface area contributed by atoms with Gasteiger partial charge in [-0.05, 0) is 36.7 Å². The number of pyridine rings is 1. The Kier molecular flexibility index (Phi) is 7.51. The van der Waals surface area contributed by atoms with Crippen LogP contribution in [0.1, 0.15) is 11.1 Å². The van der Waals surface area contributed by atoms with Gasteiger partial charge in [0, 0.05) is 43.3 Å². The van der Waals surface area contributed by atoms with Gasteiger partial charge < -0.3 is 30.6 Å². The zero-order valence-corrected chi connectivity index (χ0v) is 17.6. The number of nitrogens with zero attached hydrogens (tertiary/aromatic N) is 2. The molecule has 4 N–H and O–H groups in total. The number of fused-ring (bicyclic) bond motifs is 1. The highest BCUT2D eigenvalue weighted by Crippen LogP contribution is 2.29. The number of methoxy groups -OCH3 is 2. The lowest BCUT2D eigenvalue weighted by molar-refractivity contribution is 0.194. The Balaban J connectivity index is 1.50. The zero-order valence-electron chi connectivity index (χ0n) is 17.6. The maximum Gasteiger partial charge on any atom is 0.237 e. The van der Waals surface area contributed by atoms with E-state index >= 15 is 0 Å². The molecule has 1 aliphatic heterocycles. The lowest BCUT2D eigenvalue weighted by Crippen LogP contribution is -2.40. The Bertz CT molecular complexity index is 914. The van der Waals surface area contributed by atoms with Crippen LogP contribution in [0.25, 0.3) is 5.57 Å². The van der Waals surface area contributed by atoms with Crippen molar-refractivity contribution < 1.29 is 14.2 Å². The molecule has 1 aromatic carbocycles. The maximum atomic E-state index is 6.02. The van der Waals surface area contributed by atoms with Crippen LogP contribution in [0.15, 0.2) is 41.7 Å². The summed E-state index contributed by atoms with van der Waals surface area (Å²) >= 11 is 0. The Morgan fingerprint density at radius 2 is 2.17 bits per heavy atom. The smallest absolute Gasteiger partial charge is 0.237 e. The molecular formula is C22H29N5O3. The third-order valence-corrected chi connectivity index (χ3v) is 4.84. The number of aliphatic imine (C=N–C) groups is 1. The van der Waals surface area contributed by atoms with Crippen LogP contribution in [-0.4, -0.2) is 58.2 Å². The lowest BCUT2D eigenvalue weighted by Gasteiger charge is -2.27. The SMILES string of the molecule is CN=C/C(=C\N)c1cnc2c(c1)NCC(CNCCc1ccc(OC)c(OC)c1)O2. The molecule has 1 aromatic heterocycles. The summed E-state index contributed by atoms with van der Waals surface area (Å²) in [5, 5.41) is 6.84. The molecule has 0 amide bonds. The van der Waals surface area contributed by atoms with Crippen LogP contribution < -0.4 is 30.6 Å². The van der Waals surface area contributed by atoms with Gasteiger partial charge in [0.05, 0.1) is 26.5 Å². The average molecular weight is 412 g/mol. The molecule has 8 heteroatoms. The van der Waals surface area contributed by atoms with Gasteiger partial charge in [-0.2, -0.15) is 0 Å². The third-order valence-electron chi connectivity index (χ3n) is 4.84. The Labute approximate surface area is 177 Å². The fraction of sp³-hybridized carbons (Fsp3) is 0.364. The standard InChI is InChI=1S/C22H29N5O3/c1-24-11-17(10-23)16-9-19-22(27-12-16)30-18(14-26-19)13-25-7-6-15-4-5-20(28-2)21(8-15)29-3/h4-5,8-12,18,25-26H,6-7,13-14,23H2,1-3H3/b17-10+,24-11?. The van der Waals surface area contributed by atoms with Crippen LogP contribution in [0.5, 0.6) is 17.4 Å². The molecule has 8 nitrogen and oxygen atoms in total. The van der Waals surface area contributed by atoms with E-state index in [1.54, 1.807) is 33.7 Å². The number of ether oxygens (including phenoxy) is 3. The van der Waals surface area contributed by atoms with Crippen LogP contribution in [-0.2, 0) is 6.42 Å². The molecule has 160 valence electrons. The second-order valence-electron chi connectivity index (χ2n) is 6.85. The summed E-state index contributed by atoms with van der Waals surface area (Å²) in [4.78, 5) is 8.45. The van der Waals surface area contributed by atoms with Crippen molar-refractivity contribution in [2.75, 3.05) is 46.2 Å². The van der Waals surface area contributed by atoms with Gasteiger partial charge in [0.2, 0.25) is 5.88 Å². The number of hydrogen-bond acceptors (Lipinski definition) is 8. The number of benzene rings is 1. The molecule has 1 unspecified atom stereocenters. The second-order valence-corrected chi connectivity index (χ2v) is 6.85. The third kappa shape index (κ3) is 5.21. The molecule has 30 heavy (non-hydrogen) atoms. The normalized spacial score (nSPS) is 16.0. The minimum Gasteiger partial charge on any atom is -0.493 e. The molecule has 0 spiro atoms. The largest absolute Gasteiger partial charge is 0.493 e. The van der Waals surface area contributed by atoms with Crippen molar-refractivity contribution in [1.29, 1.82) is 0 Å². The van der Waals surface area contributed by atoms with Crippen molar-refractivity contribution in [2.24, 2.45) is 10.7 Å². The van der Waals surface area contributed by atoms with Crippen molar-refractivity contribution in [3.63, 3.8) is 0 Å². The zero-order chi connectivity index (χ0) is 21.3. The van der Waals surface area contributed by atoms with Crippen molar-refractivity contribution in [1.82, 2.24) is 10.3 Å². The first-order valence-electron chi connectivity index (χ1n) is 9.85. The van der Waals surface area contributed by atoms with Crippen molar-refractivity contribution in [2.45, 2.75) is 12.5 Å². The van der Waals surface area contributed by atoms with E-state index in [0.29, 0.717) is 12.4 Å². The first kappa shape index (κ1) is 21.4. The van der Waals surface area contributed by atoms with Crippen molar-refractivity contribution >= 4 is 17.5 Å². The van der Waals surface area contributed by atoms with Crippen LogP contribution in [0.4, 0.5) is 5.69 Å². The number of aromatic nitrogens is 1. The van der Waals surface area contributed by atoms with Gasteiger partial charge >= 0.3 is 0 Å². The molecule has 2 heterocycles. The molecule has 0 fully saturated rings. The number of anilines is 1. The van der Waals surface area contributed by atoms with Gasteiger partial charge in [0.15, 0.2) is 11.5 Å². The van der Waals surface area contributed by atoms with E-state index in [4.69, 9.17) is 19.9 Å². The number of nitrogens with one attached hydrogen (secondary N) is 2. The Hall–Kier alpha value is -3.26. The molecular weight excluding hydrogens is 382 g/mol. The number of nitrogens with two attached hydrogens (primary N) is 1. The minimum absolute atomic E-state index is 0.00276. The van der Waals surface area contributed by atoms with E-state index in [9.17, 15) is 0 Å². The molecule has 3 rings (SSSR count). The van der Waals surface area contributed by atoms with Gasteiger partial charge in [-0.1, -0.05) is 6.07 Å². The highest BCUT2D eigenvalue weighted by molar-refractivity contribution is 6.09. The van der Waals surface area contributed by atoms with Crippen LogP contribution >= 0.6 is 0 Å². The van der Waals surface area contributed by atoms with E-state index in [2.05, 4.69) is 20.6 Å². The number of allylic oxidation sites excluding steroid dienone is 1. The van der Waals surface area contributed by atoms with Gasteiger partial charge in [0.1, 0.15) is 6.10 Å². The fourth-order valence-electron chi connectivity index (χ4n) is 3.25. The summed E-state index contributed by atoms with van der Waals surface area (Å²) < 4.78 is 16.7. The highest BCUT2D eigenvalue weighted by Gasteiger charge is 2.20. The van der Waals surface area contributed by atoms with E-state index < -0.39 is 0 Å². The van der Waals surface area contributed by atoms with Gasteiger partial charge in [0.25, 0.3) is 0 Å². The quantitative estimate of drug-likeness (QED) is 0.429. The molecule has 1 aliphatic rings. The fourth-order valence-corrected chi connectivity index (χ4v) is 3.25. The second kappa shape index (κ2) is 10.5. The Morgan fingerprint density at radius 3 is 2.90 bits per heavy atom. The van der Waals surface area contributed by atoms with E-state index in [1.165, 1.54) is 11.8 Å². The van der Waals surface area contributed by atoms with Crippen LogP contribution in [0.3, 0.4) is 0 Å². The van der Waals surface area contributed by atoms with E-state index in [1.807, 2.05) is 24.3 Å². The summed E-state index contributed by atoms with van der Waals surface area (Å²) in [5.41, 5.74) is 9.42.